The number of unbranched alkanes of at least 4 members (excludes halogenated alkanes) is 3. The highest BCUT2D eigenvalue weighted by Gasteiger charge is 1.96. The maximum Gasteiger partial charge on any atom is 0.191 e. The minimum atomic E-state index is 0.892. The van der Waals surface area contributed by atoms with Crippen molar-refractivity contribution in [2.75, 3.05) is 20.1 Å². The predicted octanol–water partition coefficient (Wildman–Crippen LogP) is 2.23. The van der Waals surface area contributed by atoms with Crippen LogP contribution in [0.5, 0.6) is 0 Å². The third kappa shape index (κ3) is 6.33. The van der Waals surface area contributed by atoms with Crippen LogP contribution in [0.25, 0.3) is 0 Å². The van der Waals surface area contributed by atoms with Gasteiger partial charge in [0.25, 0.3) is 0 Å². The Morgan fingerprint density at radius 2 is 1.78 bits per heavy atom. The van der Waals surface area contributed by atoms with Crippen molar-refractivity contribution in [3.63, 3.8) is 0 Å². The summed E-state index contributed by atoms with van der Waals surface area (Å²) >= 11 is 0. The van der Waals surface area contributed by atoms with Gasteiger partial charge in [-0.25, -0.2) is 0 Å². The zero-order valence-electron chi connectivity index (χ0n) is 11.7. The van der Waals surface area contributed by atoms with E-state index in [1.807, 2.05) is 19.2 Å². The summed E-state index contributed by atoms with van der Waals surface area (Å²) in [5.41, 5.74) is 0. The van der Waals surface area contributed by atoms with Crippen molar-refractivity contribution in [3.8, 4) is 0 Å². The maximum atomic E-state index is 4.21. The number of hydrogen-bond acceptors (Lipinski definition) is 1. The van der Waals surface area contributed by atoms with Gasteiger partial charge >= 0.3 is 0 Å². The molecule has 1 aromatic heterocycles. The van der Waals surface area contributed by atoms with Gasteiger partial charge in [0.05, 0.1) is 0 Å². The number of aliphatic imine (C=N–C) groups is 1. The second-order valence-electron chi connectivity index (χ2n) is 4.41. The van der Waals surface area contributed by atoms with Crippen molar-refractivity contribution in [3.05, 3.63) is 24.5 Å². The Morgan fingerprint density at radius 3 is 2.44 bits per heavy atom. The van der Waals surface area contributed by atoms with Crippen LogP contribution in [0.1, 0.15) is 32.6 Å². The molecule has 2 N–H and O–H groups in total. The molecule has 1 heterocycles. The molecule has 1 aromatic rings. The van der Waals surface area contributed by atoms with Crippen LogP contribution in [-0.4, -0.2) is 30.7 Å². The fraction of sp³-hybridized carbons (Fsp3) is 0.643. The highest BCUT2D eigenvalue weighted by Crippen LogP contribution is 1.96. The SMILES string of the molecule is CCCCCCNC(=NC)NCCn1cccc1. The first-order valence-electron chi connectivity index (χ1n) is 6.92. The van der Waals surface area contributed by atoms with Crippen molar-refractivity contribution >= 4 is 5.96 Å². The maximum absolute atomic E-state index is 4.21. The monoisotopic (exact) mass is 250 g/mol. The van der Waals surface area contributed by atoms with Crippen LogP contribution in [0.4, 0.5) is 0 Å². The zero-order valence-corrected chi connectivity index (χ0v) is 11.7. The van der Waals surface area contributed by atoms with Crippen molar-refractivity contribution in [2.45, 2.75) is 39.2 Å². The molecule has 0 atom stereocenters. The van der Waals surface area contributed by atoms with E-state index in [1.54, 1.807) is 0 Å². The molecule has 0 aromatic carbocycles. The number of hydrogen-bond donors (Lipinski definition) is 2. The van der Waals surface area contributed by atoms with E-state index in [4.69, 9.17) is 0 Å². The fourth-order valence-electron chi connectivity index (χ4n) is 1.80. The molecule has 0 amide bonds. The molecule has 0 saturated heterocycles. The molecular formula is C14H26N4. The van der Waals surface area contributed by atoms with Gasteiger partial charge < -0.3 is 15.2 Å². The van der Waals surface area contributed by atoms with Crippen molar-refractivity contribution in [1.29, 1.82) is 0 Å². The van der Waals surface area contributed by atoms with E-state index in [0.717, 1.165) is 25.6 Å². The van der Waals surface area contributed by atoms with Crippen LogP contribution in [0.15, 0.2) is 29.5 Å². The van der Waals surface area contributed by atoms with Gasteiger partial charge in [0, 0.05) is 39.1 Å². The first kappa shape index (κ1) is 14.6. The Labute approximate surface area is 110 Å². The Balaban J connectivity index is 2.06. The molecule has 0 aliphatic carbocycles. The third-order valence-electron chi connectivity index (χ3n) is 2.88. The molecule has 0 unspecified atom stereocenters. The fourth-order valence-corrected chi connectivity index (χ4v) is 1.80. The third-order valence-corrected chi connectivity index (χ3v) is 2.88. The lowest BCUT2D eigenvalue weighted by Gasteiger charge is -2.12. The second kappa shape index (κ2) is 9.57. The van der Waals surface area contributed by atoms with Gasteiger partial charge in [-0.2, -0.15) is 0 Å². The van der Waals surface area contributed by atoms with Crippen molar-refractivity contribution in [1.82, 2.24) is 15.2 Å². The molecule has 0 aliphatic rings. The van der Waals surface area contributed by atoms with E-state index in [1.165, 1.54) is 25.7 Å². The molecule has 0 radical (unpaired) electrons. The Morgan fingerprint density at radius 1 is 1.06 bits per heavy atom. The Kier molecular flexibility index (Phi) is 7.77. The standard InChI is InChI=1S/C14H26N4/c1-3-4-5-6-9-16-14(15-2)17-10-13-18-11-7-8-12-18/h7-8,11-12H,3-6,9-10,13H2,1-2H3,(H2,15,16,17). The topological polar surface area (TPSA) is 41.4 Å². The summed E-state index contributed by atoms with van der Waals surface area (Å²) in [6.45, 7) is 5.09. The highest BCUT2D eigenvalue weighted by molar-refractivity contribution is 5.79. The summed E-state index contributed by atoms with van der Waals surface area (Å²) in [5.74, 6) is 0.902. The molecule has 1 rings (SSSR count). The molecule has 0 fully saturated rings. The van der Waals surface area contributed by atoms with Gasteiger partial charge in [-0.05, 0) is 18.6 Å². The lowest BCUT2D eigenvalue weighted by molar-refractivity contribution is 0.635. The smallest absolute Gasteiger partial charge is 0.191 e. The zero-order chi connectivity index (χ0) is 13.1. The molecule has 0 bridgehead atoms. The number of aromatic nitrogens is 1. The summed E-state index contributed by atoms with van der Waals surface area (Å²) in [7, 11) is 1.82. The normalized spacial score (nSPS) is 11.6. The van der Waals surface area contributed by atoms with Gasteiger partial charge in [-0.3, -0.25) is 4.99 Å². The summed E-state index contributed by atoms with van der Waals surface area (Å²) < 4.78 is 2.15. The summed E-state index contributed by atoms with van der Waals surface area (Å²) in [6, 6.07) is 4.08. The highest BCUT2D eigenvalue weighted by atomic mass is 15.2. The van der Waals surface area contributed by atoms with E-state index < -0.39 is 0 Å². The second-order valence-corrected chi connectivity index (χ2v) is 4.41. The van der Waals surface area contributed by atoms with Gasteiger partial charge in [0.15, 0.2) is 5.96 Å². The van der Waals surface area contributed by atoms with E-state index in [-0.39, 0.29) is 0 Å². The van der Waals surface area contributed by atoms with Crippen LogP contribution in [0.2, 0.25) is 0 Å². The van der Waals surface area contributed by atoms with Gasteiger partial charge in [0.1, 0.15) is 0 Å². The number of guanidine groups is 1. The van der Waals surface area contributed by atoms with Crippen LogP contribution in [-0.2, 0) is 6.54 Å². The Hall–Kier alpha value is -1.45. The minimum absolute atomic E-state index is 0.892. The lowest BCUT2D eigenvalue weighted by Crippen LogP contribution is -2.39. The first-order valence-corrected chi connectivity index (χ1v) is 6.92. The van der Waals surface area contributed by atoms with Crippen LogP contribution in [0.3, 0.4) is 0 Å². The molecule has 0 spiro atoms. The summed E-state index contributed by atoms with van der Waals surface area (Å²) in [6.07, 6.45) is 9.26. The predicted molar refractivity (Wildman–Crippen MR) is 77.9 cm³/mol. The van der Waals surface area contributed by atoms with E-state index in [0.29, 0.717) is 0 Å². The molecule has 4 heteroatoms. The summed E-state index contributed by atoms with van der Waals surface area (Å²) in [4.78, 5) is 4.21. The minimum Gasteiger partial charge on any atom is -0.356 e. The van der Waals surface area contributed by atoms with Gasteiger partial charge in [-0.15, -0.1) is 0 Å². The van der Waals surface area contributed by atoms with Crippen molar-refractivity contribution < 1.29 is 0 Å². The molecule has 102 valence electrons. The van der Waals surface area contributed by atoms with Crippen molar-refractivity contribution in [2.24, 2.45) is 4.99 Å². The van der Waals surface area contributed by atoms with Gasteiger partial charge in [-0.1, -0.05) is 26.2 Å². The molecule has 18 heavy (non-hydrogen) atoms. The Bertz CT molecular complexity index is 317. The van der Waals surface area contributed by atoms with Crippen LogP contribution in [0, 0.1) is 0 Å². The number of rotatable bonds is 8. The van der Waals surface area contributed by atoms with E-state index in [2.05, 4.69) is 39.5 Å². The quantitative estimate of drug-likeness (QED) is 0.422. The number of nitrogens with one attached hydrogen (secondary N) is 2. The average molecular weight is 250 g/mol. The van der Waals surface area contributed by atoms with E-state index in [9.17, 15) is 0 Å². The lowest BCUT2D eigenvalue weighted by atomic mass is 10.2. The van der Waals surface area contributed by atoms with Crippen LogP contribution < -0.4 is 10.6 Å². The summed E-state index contributed by atoms with van der Waals surface area (Å²) in [5, 5.41) is 6.65. The van der Waals surface area contributed by atoms with Gasteiger partial charge in [0.2, 0.25) is 0 Å². The molecule has 0 aliphatic heterocycles. The first-order chi connectivity index (χ1) is 8.86. The average Bonchev–Trinajstić information content (AvgIpc) is 2.89. The van der Waals surface area contributed by atoms with Crippen LogP contribution >= 0.6 is 0 Å². The number of nitrogens with zero attached hydrogens (tertiary/aromatic N) is 2. The molecule has 0 saturated carbocycles. The van der Waals surface area contributed by atoms with E-state index >= 15 is 0 Å². The largest absolute Gasteiger partial charge is 0.356 e. The molecular weight excluding hydrogens is 224 g/mol. The molecule has 4 nitrogen and oxygen atoms in total.